The Morgan fingerprint density at radius 1 is 1.14 bits per heavy atom. The first kappa shape index (κ1) is 10.4. The highest BCUT2D eigenvalue weighted by Crippen LogP contribution is 2.42. The predicted octanol–water partition coefficient (Wildman–Crippen LogP) is 1.81. The maximum absolute atomic E-state index is 2.62. The molecule has 0 saturated carbocycles. The van der Waals surface area contributed by atoms with E-state index in [1.807, 2.05) is 0 Å². The molecule has 0 aliphatic carbocycles. The first-order valence-electron chi connectivity index (χ1n) is 5.93. The second-order valence-corrected chi connectivity index (χ2v) is 6.15. The van der Waals surface area contributed by atoms with Crippen molar-refractivity contribution < 1.29 is 0 Å². The number of hydrogen-bond donors (Lipinski definition) is 0. The fraction of sp³-hybridized carbons (Fsp3) is 1.00. The predicted molar refractivity (Wildman–Crippen MR) is 60.5 cm³/mol. The van der Waals surface area contributed by atoms with E-state index in [2.05, 4.69) is 37.5 Å². The standard InChI is InChI=1S/C12H24N2/c1-5-13-7-6-12(8-13)9-14(10-12)11(2,3)4/h5-10H2,1-4H3. The van der Waals surface area contributed by atoms with E-state index >= 15 is 0 Å². The van der Waals surface area contributed by atoms with Crippen LogP contribution in [0.3, 0.4) is 0 Å². The van der Waals surface area contributed by atoms with E-state index in [0.717, 1.165) is 0 Å². The maximum atomic E-state index is 2.62. The zero-order valence-electron chi connectivity index (χ0n) is 10.1. The Kier molecular flexibility index (Phi) is 2.39. The Bertz CT molecular complexity index is 211. The van der Waals surface area contributed by atoms with Gasteiger partial charge in [0.25, 0.3) is 0 Å². The van der Waals surface area contributed by atoms with Crippen LogP contribution in [0.2, 0.25) is 0 Å². The van der Waals surface area contributed by atoms with Gasteiger partial charge in [0.15, 0.2) is 0 Å². The second kappa shape index (κ2) is 3.21. The Balaban J connectivity index is 1.88. The van der Waals surface area contributed by atoms with Gasteiger partial charge in [0, 0.05) is 30.6 Å². The molecule has 2 aliphatic rings. The first-order valence-corrected chi connectivity index (χ1v) is 5.93. The molecule has 2 rings (SSSR count). The van der Waals surface area contributed by atoms with Gasteiger partial charge in [-0.2, -0.15) is 0 Å². The van der Waals surface area contributed by atoms with Crippen molar-refractivity contribution in [1.29, 1.82) is 0 Å². The average molecular weight is 196 g/mol. The third-order valence-electron chi connectivity index (χ3n) is 3.97. The molecule has 0 bridgehead atoms. The van der Waals surface area contributed by atoms with Gasteiger partial charge in [0.2, 0.25) is 0 Å². The summed E-state index contributed by atoms with van der Waals surface area (Å²) in [7, 11) is 0. The third-order valence-corrected chi connectivity index (χ3v) is 3.97. The van der Waals surface area contributed by atoms with Crippen molar-refractivity contribution >= 4 is 0 Å². The minimum Gasteiger partial charge on any atom is -0.303 e. The minimum atomic E-state index is 0.380. The van der Waals surface area contributed by atoms with Crippen LogP contribution >= 0.6 is 0 Å². The smallest absolute Gasteiger partial charge is 0.0125 e. The minimum absolute atomic E-state index is 0.380. The van der Waals surface area contributed by atoms with E-state index in [1.165, 1.54) is 39.1 Å². The maximum Gasteiger partial charge on any atom is 0.0125 e. The van der Waals surface area contributed by atoms with E-state index in [-0.39, 0.29) is 0 Å². The Morgan fingerprint density at radius 2 is 1.79 bits per heavy atom. The number of nitrogens with zero attached hydrogens (tertiary/aromatic N) is 2. The zero-order valence-corrected chi connectivity index (χ0v) is 10.1. The summed E-state index contributed by atoms with van der Waals surface area (Å²) in [5.41, 5.74) is 1.05. The summed E-state index contributed by atoms with van der Waals surface area (Å²) in [6.07, 6.45) is 1.42. The topological polar surface area (TPSA) is 6.48 Å². The second-order valence-electron chi connectivity index (χ2n) is 6.15. The fourth-order valence-corrected chi connectivity index (χ4v) is 2.79. The zero-order chi connectivity index (χ0) is 10.4. The van der Waals surface area contributed by atoms with Crippen LogP contribution in [-0.4, -0.2) is 48.1 Å². The molecule has 0 atom stereocenters. The van der Waals surface area contributed by atoms with Gasteiger partial charge < -0.3 is 4.90 Å². The molecule has 0 amide bonds. The van der Waals surface area contributed by atoms with Gasteiger partial charge in [0.1, 0.15) is 0 Å². The highest BCUT2D eigenvalue weighted by Gasteiger charge is 2.49. The number of hydrogen-bond acceptors (Lipinski definition) is 2. The molecule has 0 N–H and O–H groups in total. The number of likely N-dealkylation sites (tertiary alicyclic amines) is 2. The van der Waals surface area contributed by atoms with Crippen LogP contribution < -0.4 is 0 Å². The molecule has 82 valence electrons. The van der Waals surface area contributed by atoms with E-state index in [9.17, 15) is 0 Å². The molecular formula is C12H24N2. The Labute approximate surface area is 88.3 Å². The number of rotatable bonds is 1. The molecular weight excluding hydrogens is 172 g/mol. The third kappa shape index (κ3) is 1.70. The summed E-state index contributed by atoms with van der Waals surface area (Å²) in [6, 6.07) is 0. The molecule has 14 heavy (non-hydrogen) atoms. The molecule has 0 unspecified atom stereocenters. The van der Waals surface area contributed by atoms with Crippen molar-refractivity contribution in [3.05, 3.63) is 0 Å². The van der Waals surface area contributed by atoms with Gasteiger partial charge in [0.05, 0.1) is 0 Å². The van der Waals surface area contributed by atoms with Crippen molar-refractivity contribution in [2.24, 2.45) is 5.41 Å². The monoisotopic (exact) mass is 196 g/mol. The van der Waals surface area contributed by atoms with Crippen LogP contribution in [-0.2, 0) is 0 Å². The fourth-order valence-electron chi connectivity index (χ4n) is 2.79. The van der Waals surface area contributed by atoms with Gasteiger partial charge >= 0.3 is 0 Å². The molecule has 2 heterocycles. The molecule has 2 fully saturated rings. The van der Waals surface area contributed by atoms with Gasteiger partial charge in [-0.05, 0) is 40.3 Å². The van der Waals surface area contributed by atoms with Crippen LogP contribution in [0.4, 0.5) is 0 Å². The van der Waals surface area contributed by atoms with Gasteiger partial charge in [-0.3, -0.25) is 4.90 Å². The summed E-state index contributed by atoms with van der Waals surface area (Å²) in [5.74, 6) is 0. The van der Waals surface area contributed by atoms with Crippen LogP contribution in [0.5, 0.6) is 0 Å². The SMILES string of the molecule is CCN1CCC2(C1)CN(C(C)(C)C)C2. The molecule has 0 aromatic heterocycles. The van der Waals surface area contributed by atoms with Crippen LogP contribution in [0.25, 0.3) is 0 Å². The van der Waals surface area contributed by atoms with E-state index < -0.39 is 0 Å². The average Bonchev–Trinajstić information content (AvgIpc) is 2.43. The molecule has 2 nitrogen and oxygen atoms in total. The van der Waals surface area contributed by atoms with Gasteiger partial charge in [-0.25, -0.2) is 0 Å². The Hall–Kier alpha value is -0.0800. The lowest BCUT2D eigenvalue weighted by atomic mass is 9.76. The molecule has 0 radical (unpaired) electrons. The summed E-state index contributed by atoms with van der Waals surface area (Å²) in [6.45, 7) is 15.8. The highest BCUT2D eigenvalue weighted by molar-refractivity contribution is 5.04. The van der Waals surface area contributed by atoms with Gasteiger partial charge in [-0.1, -0.05) is 6.92 Å². The molecule has 2 heteroatoms. The van der Waals surface area contributed by atoms with Crippen molar-refractivity contribution in [3.8, 4) is 0 Å². The summed E-state index contributed by atoms with van der Waals surface area (Å²) in [4.78, 5) is 5.21. The molecule has 2 saturated heterocycles. The summed E-state index contributed by atoms with van der Waals surface area (Å²) < 4.78 is 0. The first-order chi connectivity index (χ1) is 6.45. The molecule has 2 aliphatic heterocycles. The lowest BCUT2D eigenvalue weighted by Crippen LogP contribution is -2.63. The summed E-state index contributed by atoms with van der Waals surface area (Å²) >= 11 is 0. The van der Waals surface area contributed by atoms with Gasteiger partial charge in [-0.15, -0.1) is 0 Å². The van der Waals surface area contributed by atoms with E-state index in [1.54, 1.807) is 0 Å². The van der Waals surface area contributed by atoms with Crippen molar-refractivity contribution in [1.82, 2.24) is 9.80 Å². The van der Waals surface area contributed by atoms with Crippen LogP contribution in [0.1, 0.15) is 34.1 Å². The van der Waals surface area contributed by atoms with Crippen LogP contribution in [0, 0.1) is 5.41 Å². The van der Waals surface area contributed by atoms with E-state index in [4.69, 9.17) is 0 Å². The quantitative estimate of drug-likeness (QED) is 0.631. The highest BCUT2D eigenvalue weighted by atomic mass is 15.3. The van der Waals surface area contributed by atoms with Crippen molar-refractivity contribution in [3.63, 3.8) is 0 Å². The summed E-state index contributed by atoms with van der Waals surface area (Å²) in [5, 5.41) is 0. The largest absolute Gasteiger partial charge is 0.303 e. The lowest BCUT2D eigenvalue weighted by molar-refractivity contribution is -0.0518. The van der Waals surface area contributed by atoms with Crippen molar-refractivity contribution in [2.75, 3.05) is 32.7 Å². The molecule has 0 aromatic carbocycles. The van der Waals surface area contributed by atoms with Crippen LogP contribution in [0.15, 0.2) is 0 Å². The normalized spacial score (nSPS) is 28.3. The molecule has 0 aromatic rings. The van der Waals surface area contributed by atoms with Crippen molar-refractivity contribution in [2.45, 2.75) is 39.7 Å². The Morgan fingerprint density at radius 3 is 2.21 bits per heavy atom. The molecule has 1 spiro atoms. The van der Waals surface area contributed by atoms with E-state index in [0.29, 0.717) is 11.0 Å². The lowest BCUT2D eigenvalue weighted by Gasteiger charge is -2.54.